The third kappa shape index (κ3) is 13.4. The van der Waals surface area contributed by atoms with E-state index in [-0.39, 0.29) is 0 Å². The van der Waals surface area contributed by atoms with Gasteiger partial charge in [0.05, 0.1) is 49.7 Å². The molecule has 0 fully saturated rings. The van der Waals surface area contributed by atoms with Crippen LogP contribution in [0.3, 0.4) is 0 Å². The van der Waals surface area contributed by atoms with E-state index in [4.69, 9.17) is 0 Å². The van der Waals surface area contributed by atoms with Crippen LogP contribution in [0.25, 0.3) is 59.0 Å². The van der Waals surface area contributed by atoms with Gasteiger partial charge in [-0.2, -0.15) is 40.8 Å². The minimum absolute atomic E-state index is 1.00. The molecule has 388 valence electrons. The number of benzene rings is 6. The van der Waals surface area contributed by atoms with E-state index in [1.165, 1.54) is 36.7 Å². The fourth-order valence-electron chi connectivity index (χ4n) is 8.87. The van der Waals surface area contributed by atoms with E-state index in [2.05, 4.69) is 169 Å². The van der Waals surface area contributed by atoms with Gasteiger partial charge in [0.2, 0.25) is 0 Å². The van der Waals surface area contributed by atoms with Crippen LogP contribution in [-0.4, -0.2) is 69.7 Å². The molecule has 0 unspecified atom stereocenters. The van der Waals surface area contributed by atoms with Crippen LogP contribution in [-0.2, 0) is 6.42 Å². The molecule has 2 aliphatic carbocycles. The van der Waals surface area contributed by atoms with E-state index in [9.17, 15) is 0 Å². The first-order chi connectivity index (χ1) is 39.7. The molecule has 14 heteroatoms. The van der Waals surface area contributed by atoms with Crippen LogP contribution in [0, 0.1) is 0 Å². The van der Waals surface area contributed by atoms with Crippen LogP contribution in [0.4, 0.5) is 0 Å². The summed E-state index contributed by atoms with van der Waals surface area (Å²) in [7, 11) is 0. The van der Waals surface area contributed by atoms with Gasteiger partial charge in [-0.3, -0.25) is 0 Å². The van der Waals surface area contributed by atoms with Gasteiger partial charge in [-0.25, -0.2) is 0 Å². The van der Waals surface area contributed by atoms with Gasteiger partial charge in [0.25, 0.3) is 0 Å². The van der Waals surface area contributed by atoms with Crippen LogP contribution in [0.5, 0.6) is 0 Å². The SMILES string of the molecule is C(=N\N=C\c1c[nH]c2ccccc12)/c1c[nH]c2ccccc12.C(=N\N=C\c1csc2ccccc12)/c1csc2ccccc12.C1=CC(/C=N/N=C/c2cc[nH]c2)=CC1.C1=Cc2cc(/C=N/N=C/c3ccc4[nH]ccc4c3)ccc2C1. The molecule has 0 atom stereocenters. The van der Waals surface area contributed by atoms with Crippen molar-refractivity contribution in [2.75, 3.05) is 0 Å². The Balaban J connectivity index is 0.000000114. The number of hydrogen-bond donors (Lipinski definition) is 4. The maximum atomic E-state index is 4.20. The lowest BCUT2D eigenvalue weighted by Crippen LogP contribution is -1.86. The van der Waals surface area contributed by atoms with Gasteiger partial charge in [0.15, 0.2) is 0 Å². The molecule has 12 aromatic rings. The van der Waals surface area contributed by atoms with E-state index < -0.39 is 0 Å². The minimum atomic E-state index is 1.00. The van der Waals surface area contributed by atoms with E-state index in [0.29, 0.717) is 0 Å². The minimum Gasteiger partial charge on any atom is -0.367 e. The molecule has 6 heterocycles. The molecule has 12 nitrogen and oxygen atoms in total. The highest BCUT2D eigenvalue weighted by atomic mass is 32.1. The largest absolute Gasteiger partial charge is 0.367 e. The molecule has 0 saturated carbocycles. The van der Waals surface area contributed by atoms with Crippen molar-refractivity contribution in [3.8, 4) is 0 Å². The van der Waals surface area contributed by atoms with Gasteiger partial charge in [0.1, 0.15) is 0 Å². The lowest BCUT2D eigenvalue weighted by molar-refractivity contribution is 1.26. The first-order valence-corrected chi connectivity index (χ1v) is 27.6. The van der Waals surface area contributed by atoms with Crippen molar-refractivity contribution in [2.45, 2.75) is 12.8 Å². The van der Waals surface area contributed by atoms with Gasteiger partial charge >= 0.3 is 0 Å². The number of nitrogens with one attached hydrogen (secondary N) is 4. The third-order valence-corrected chi connectivity index (χ3v) is 14.9. The molecule has 2 aliphatic rings. The molecule has 0 spiro atoms. The number of hydrogen-bond acceptors (Lipinski definition) is 10. The van der Waals surface area contributed by atoms with Crippen molar-refractivity contribution in [1.82, 2.24) is 19.9 Å². The zero-order valence-electron chi connectivity index (χ0n) is 43.2. The maximum Gasteiger partial charge on any atom is 0.0589 e. The summed E-state index contributed by atoms with van der Waals surface area (Å²) in [5, 5.41) is 43.0. The average molecular weight is 1080 g/mol. The van der Waals surface area contributed by atoms with Crippen LogP contribution in [0.1, 0.15) is 56.5 Å². The van der Waals surface area contributed by atoms with E-state index in [1.54, 1.807) is 60.0 Å². The predicted octanol–water partition coefficient (Wildman–Crippen LogP) is 16.2. The average Bonchev–Trinajstić information content (AvgIpc) is 4.37. The van der Waals surface area contributed by atoms with Crippen molar-refractivity contribution < 1.29 is 0 Å². The van der Waals surface area contributed by atoms with Crippen LogP contribution in [0.2, 0.25) is 0 Å². The first kappa shape index (κ1) is 51.8. The Bertz CT molecular complexity index is 4060. The molecule has 6 aromatic carbocycles. The standard InChI is InChI=1S/C19H15N3.C18H14N4.C18H12N2S2.C11H11N3/c1-2-16-6-4-14(10-17(16)3-1)12-21-22-13-15-5-7-19-18(11-15)8-9-20-19;1-3-7-17-15(5-1)13(9-19-17)11-21-22-12-14-10-20-18-8-4-2-6-16(14)18;1-3-7-17-15(5-1)13(11-21-17)9-19-20-10-14-12-22-18-8-4-2-6-16(14)18;1-2-4-10(3-1)8-13-14-9-11-5-6-12-7-11/h1,3-13,20H,2H2;1-12,19-20H;1-12H;1,3-9,12H,2H2/b21-12+,22-13+;21-11+,22-12+;19-9+,20-10+;13-8+,14-9+. The lowest BCUT2D eigenvalue weighted by atomic mass is 10.1. The topological polar surface area (TPSA) is 162 Å². The molecule has 0 radical (unpaired) electrons. The highest BCUT2D eigenvalue weighted by Crippen LogP contribution is 2.26. The van der Waals surface area contributed by atoms with Crippen LogP contribution in [0.15, 0.2) is 258 Å². The molecule has 0 amide bonds. The fourth-order valence-corrected chi connectivity index (χ4v) is 10.7. The number of nitrogens with zero attached hydrogens (tertiary/aromatic N) is 8. The molecule has 4 N–H and O–H groups in total. The number of rotatable bonds is 12. The van der Waals surface area contributed by atoms with Gasteiger partial charge < -0.3 is 19.9 Å². The van der Waals surface area contributed by atoms with Crippen LogP contribution < -0.4 is 0 Å². The number of H-pyrrole nitrogens is 4. The number of fused-ring (bicyclic) bond motifs is 6. The van der Waals surface area contributed by atoms with Gasteiger partial charge in [-0.05, 0) is 101 Å². The smallest absolute Gasteiger partial charge is 0.0589 e. The molecular weight excluding hydrogens is 1020 g/mol. The molecule has 0 saturated heterocycles. The summed E-state index contributed by atoms with van der Waals surface area (Å²) in [6.45, 7) is 0. The molecule has 14 rings (SSSR count). The number of thiophene rings is 2. The first-order valence-electron chi connectivity index (χ1n) is 25.8. The highest BCUT2D eigenvalue weighted by molar-refractivity contribution is 7.17. The van der Waals surface area contributed by atoms with Crippen molar-refractivity contribution in [3.05, 3.63) is 267 Å². The normalized spacial score (nSPS) is 13.2. The number of aromatic amines is 4. The number of allylic oxidation sites excluding steroid dienone is 5. The molecule has 80 heavy (non-hydrogen) atoms. The second-order valence-electron chi connectivity index (χ2n) is 18.3. The Morgan fingerprint density at radius 3 is 1.56 bits per heavy atom. The Labute approximate surface area is 469 Å². The third-order valence-electron chi connectivity index (χ3n) is 12.9. The zero-order valence-corrected chi connectivity index (χ0v) is 44.8. The summed E-state index contributed by atoms with van der Waals surface area (Å²) in [6, 6.07) is 49.5. The van der Waals surface area contributed by atoms with E-state index in [0.717, 1.165) is 84.7 Å². The quantitative estimate of drug-likeness (QED) is 0.0678. The molecular formula is C66H52N12S2. The fraction of sp³-hybridized carbons (Fsp3) is 0.0303. The Morgan fingerprint density at radius 1 is 0.400 bits per heavy atom. The molecule has 0 aliphatic heterocycles. The van der Waals surface area contributed by atoms with Crippen molar-refractivity contribution in [1.29, 1.82) is 0 Å². The molecule has 0 bridgehead atoms. The van der Waals surface area contributed by atoms with Crippen molar-refractivity contribution in [2.24, 2.45) is 40.8 Å². The maximum absolute atomic E-state index is 4.20. The second-order valence-corrected chi connectivity index (χ2v) is 20.1. The number of aromatic nitrogens is 4. The highest BCUT2D eigenvalue weighted by Gasteiger charge is 2.06. The van der Waals surface area contributed by atoms with Crippen LogP contribution >= 0.6 is 22.7 Å². The zero-order chi connectivity index (χ0) is 54.0. The van der Waals surface area contributed by atoms with Crippen molar-refractivity contribution in [3.63, 3.8) is 0 Å². The van der Waals surface area contributed by atoms with Gasteiger partial charge in [-0.1, -0.05) is 121 Å². The van der Waals surface area contributed by atoms with Gasteiger partial charge in [-0.15, -0.1) is 22.7 Å². The summed E-state index contributed by atoms with van der Waals surface area (Å²) < 4.78 is 2.55. The summed E-state index contributed by atoms with van der Waals surface area (Å²) in [6.07, 6.45) is 36.4. The summed E-state index contributed by atoms with van der Waals surface area (Å²) in [4.78, 5) is 12.6. The lowest BCUT2D eigenvalue weighted by Gasteiger charge is -1.98. The Morgan fingerprint density at radius 2 is 0.950 bits per heavy atom. The van der Waals surface area contributed by atoms with Gasteiger partial charge in [0, 0.05) is 117 Å². The van der Waals surface area contributed by atoms with E-state index in [1.807, 2.05) is 122 Å². The summed E-state index contributed by atoms with van der Waals surface area (Å²) in [5.74, 6) is 0. The Hall–Kier alpha value is -10.3. The van der Waals surface area contributed by atoms with E-state index >= 15 is 0 Å². The molecule has 6 aromatic heterocycles. The summed E-state index contributed by atoms with van der Waals surface area (Å²) in [5.41, 5.74) is 14.6. The predicted molar refractivity (Wildman–Crippen MR) is 342 cm³/mol. The summed E-state index contributed by atoms with van der Waals surface area (Å²) >= 11 is 3.46. The van der Waals surface area contributed by atoms with Crippen molar-refractivity contribution >= 4 is 131 Å². The number of para-hydroxylation sites is 2. The monoisotopic (exact) mass is 1080 g/mol. The second kappa shape index (κ2) is 26.2. The Kier molecular flexibility index (Phi) is 17.0.